The lowest BCUT2D eigenvalue weighted by Gasteiger charge is -2.18. The molecule has 0 amide bonds. The molecule has 0 aliphatic carbocycles. The van der Waals surface area contributed by atoms with Crippen LogP contribution in [0.2, 0.25) is 0 Å². The van der Waals surface area contributed by atoms with Crippen molar-refractivity contribution in [1.29, 1.82) is 0 Å². The van der Waals surface area contributed by atoms with Crippen LogP contribution in [0.15, 0.2) is 23.2 Å². The summed E-state index contributed by atoms with van der Waals surface area (Å²) in [5.74, 6) is 3.44. The monoisotopic (exact) mass is 323 g/mol. The van der Waals surface area contributed by atoms with E-state index in [4.69, 9.17) is 15.2 Å². The average molecular weight is 323 g/mol. The van der Waals surface area contributed by atoms with Crippen LogP contribution in [0.4, 0.5) is 5.69 Å². The lowest BCUT2D eigenvalue weighted by Crippen LogP contribution is -2.34. The number of hydrogen-bond donors (Lipinski definition) is 3. The number of thioether (sulfide) groups is 1. The maximum atomic E-state index is 10.2. The first-order chi connectivity index (χ1) is 10.6. The van der Waals surface area contributed by atoms with Gasteiger partial charge < -0.3 is 25.6 Å². The van der Waals surface area contributed by atoms with Gasteiger partial charge in [0.15, 0.2) is 17.5 Å². The summed E-state index contributed by atoms with van der Waals surface area (Å²) in [5.41, 5.74) is 5.97. The van der Waals surface area contributed by atoms with Gasteiger partial charge in [0.2, 0.25) is 0 Å². The molecule has 1 aromatic rings. The minimum atomic E-state index is -0.721. The van der Waals surface area contributed by atoms with Crippen LogP contribution in [-0.4, -0.2) is 47.9 Å². The molecule has 6 nitrogen and oxygen atoms in total. The fraction of sp³-hybridized carbons (Fsp3) is 0.533. The molecule has 1 unspecified atom stereocenters. The minimum absolute atomic E-state index is 0.291. The molecule has 1 fully saturated rings. The first-order valence-electron chi connectivity index (χ1n) is 7.41. The van der Waals surface area contributed by atoms with E-state index in [1.54, 1.807) is 11.8 Å². The molecule has 1 aromatic carbocycles. The van der Waals surface area contributed by atoms with Gasteiger partial charge >= 0.3 is 0 Å². The summed E-state index contributed by atoms with van der Waals surface area (Å²) in [4.78, 5) is 4.25. The van der Waals surface area contributed by atoms with Crippen LogP contribution < -0.4 is 20.5 Å². The van der Waals surface area contributed by atoms with Crippen molar-refractivity contribution in [3.63, 3.8) is 0 Å². The standard InChI is InChI=1S/C15H21N3O3S/c16-14(17-9-15(19)4-7-22-10-15)18-11-2-3-12-13(8-11)21-6-1-5-20-12/h2-3,8,19H,1,4-7,9-10H2,(H3,16,17,18). The molecule has 2 aliphatic heterocycles. The summed E-state index contributed by atoms with van der Waals surface area (Å²) in [6, 6.07) is 5.58. The largest absolute Gasteiger partial charge is 0.490 e. The summed E-state index contributed by atoms with van der Waals surface area (Å²) >= 11 is 1.74. The molecule has 0 radical (unpaired) electrons. The van der Waals surface area contributed by atoms with E-state index in [9.17, 15) is 5.11 Å². The Hall–Kier alpha value is -1.60. The van der Waals surface area contributed by atoms with Gasteiger partial charge in [0, 0.05) is 23.9 Å². The fourth-order valence-corrected chi connectivity index (χ4v) is 3.67. The van der Waals surface area contributed by atoms with Crippen molar-refractivity contribution >= 4 is 23.4 Å². The number of guanidine groups is 1. The molecular formula is C15H21N3O3S. The molecule has 1 saturated heterocycles. The van der Waals surface area contributed by atoms with Crippen LogP contribution in [-0.2, 0) is 0 Å². The van der Waals surface area contributed by atoms with Crippen LogP contribution in [0.3, 0.4) is 0 Å². The first-order valence-corrected chi connectivity index (χ1v) is 8.57. The fourth-order valence-electron chi connectivity index (χ4n) is 2.38. The van der Waals surface area contributed by atoms with Gasteiger partial charge in [-0.2, -0.15) is 11.8 Å². The lowest BCUT2D eigenvalue weighted by molar-refractivity contribution is 0.0780. The average Bonchev–Trinajstić information content (AvgIpc) is 2.80. The Balaban J connectivity index is 1.63. The van der Waals surface area contributed by atoms with Crippen LogP contribution in [0, 0.1) is 0 Å². The van der Waals surface area contributed by atoms with Crippen molar-refractivity contribution in [2.45, 2.75) is 18.4 Å². The SMILES string of the molecule is NC(=NCC1(O)CCSC1)Nc1ccc2c(c1)OCCCO2. The predicted octanol–water partition coefficient (Wildman–Crippen LogP) is 1.44. The van der Waals surface area contributed by atoms with Crippen molar-refractivity contribution in [3.05, 3.63) is 18.2 Å². The third-order valence-corrected chi connectivity index (χ3v) is 4.88. The number of nitrogens with one attached hydrogen (secondary N) is 1. The maximum absolute atomic E-state index is 10.2. The van der Waals surface area contributed by atoms with Gasteiger partial charge in [-0.15, -0.1) is 0 Å². The Morgan fingerprint density at radius 3 is 2.95 bits per heavy atom. The lowest BCUT2D eigenvalue weighted by atomic mass is 10.1. The molecule has 1 atom stereocenters. The van der Waals surface area contributed by atoms with E-state index in [1.807, 2.05) is 18.2 Å². The minimum Gasteiger partial charge on any atom is -0.490 e. The highest BCUT2D eigenvalue weighted by Gasteiger charge is 2.31. The zero-order chi connectivity index (χ0) is 15.4. The molecule has 3 rings (SSSR count). The Kier molecular flexibility index (Phi) is 4.63. The molecular weight excluding hydrogens is 302 g/mol. The van der Waals surface area contributed by atoms with Crippen LogP contribution in [0.25, 0.3) is 0 Å². The second kappa shape index (κ2) is 6.66. The van der Waals surface area contributed by atoms with E-state index in [0.29, 0.717) is 37.2 Å². The highest BCUT2D eigenvalue weighted by molar-refractivity contribution is 7.99. The number of rotatable bonds is 3. The van der Waals surface area contributed by atoms with Gasteiger partial charge in [0.05, 0.1) is 25.4 Å². The second-order valence-electron chi connectivity index (χ2n) is 5.57. The van der Waals surface area contributed by atoms with Crippen molar-refractivity contribution in [2.75, 3.05) is 36.6 Å². The van der Waals surface area contributed by atoms with E-state index in [-0.39, 0.29) is 0 Å². The maximum Gasteiger partial charge on any atom is 0.193 e. The Bertz CT molecular complexity index is 559. The van der Waals surface area contributed by atoms with Gasteiger partial charge in [-0.05, 0) is 24.3 Å². The molecule has 0 spiro atoms. The molecule has 4 N–H and O–H groups in total. The summed E-state index contributed by atoms with van der Waals surface area (Å²) in [5, 5.41) is 13.3. The van der Waals surface area contributed by atoms with E-state index in [1.165, 1.54) is 0 Å². The number of fused-ring (bicyclic) bond motifs is 1. The van der Waals surface area contributed by atoms with Crippen molar-refractivity contribution < 1.29 is 14.6 Å². The van der Waals surface area contributed by atoms with E-state index >= 15 is 0 Å². The van der Waals surface area contributed by atoms with Gasteiger partial charge in [-0.3, -0.25) is 4.99 Å². The number of anilines is 1. The molecule has 120 valence electrons. The van der Waals surface area contributed by atoms with Crippen LogP contribution >= 0.6 is 11.8 Å². The molecule has 0 saturated carbocycles. The topological polar surface area (TPSA) is 89.1 Å². The first kappa shape index (κ1) is 15.3. The smallest absolute Gasteiger partial charge is 0.193 e. The van der Waals surface area contributed by atoms with Crippen molar-refractivity contribution in [2.24, 2.45) is 10.7 Å². The van der Waals surface area contributed by atoms with E-state index in [0.717, 1.165) is 30.0 Å². The number of benzene rings is 1. The van der Waals surface area contributed by atoms with Gasteiger partial charge in [0.25, 0.3) is 0 Å². The summed E-state index contributed by atoms with van der Waals surface area (Å²) in [6.07, 6.45) is 1.64. The number of aliphatic imine (C=N–C) groups is 1. The summed E-state index contributed by atoms with van der Waals surface area (Å²) < 4.78 is 11.2. The third-order valence-electron chi connectivity index (χ3n) is 3.65. The second-order valence-corrected chi connectivity index (χ2v) is 6.67. The Morgan fingerprint density at radius 1 is 1.36 bits per heavy atom. The number of nitrogens with two attached hydrogens (primary N) is 1. The predicted molar refractivity (Wildman–Crippen MR) is 89.1 cm³/mol. The van der Waals surface area contributed by atoms with Crippen molar-refractivity contribution in [3.8, 4) is 11.5 Å². The van der Waals surface area contributed by atoms with E-state index in [2.05, 4.69) is 10.3 Å². The number of aliphatic hydroxyl groups is 1. The van der Waals surface area contributed by atoms with Crippen molar-refractivity contribution in [1.82, 2.24) is 0 Å². The van der Waals surface area contributed by atoms with Crippen LogP contribution in [0.5, 0.6) is 11.5 Å². The molecule has 0 bridgehead atoms. The molecule has 2 heterocycles. The Labute approximate surface area is 134 Å². The highest BCUT2D eigenvalue weighted by atomic mass is 32.2. The molecule has 2 aliphatic rings. The van der Waals surface area contributed by atoms with Gasteiger partial charge in [-0.25, -0.2) is 0 Å². The number of nitrogens with zero attached hydrogens (tertiary/aromatic N) is 1. The molecule has 7 heteroatoms. The molecule has 22 heavy (non-hydrogen) atoms. The van der Waals surface area contributed by atoms with Gasteiger partial charge in [-0.1, -0.05) is 0 Å². The third kappa shape index (κ3) is 3.78. The zero-order valence-electron chi connectivity index (χ0n) is 12.4. The molecule has 0 aromatic heterocycles. The number of ether oxygens (including phenoxy) is 2. The zero-order valence-corrected chi connectivity index (χ0v) is 13.2. The van der Waals surface area contributed by atoms with Gasteiger partial charge in [0.1, 0.15) is 0 Å². The summed E-state index contributed by atoms with van der Waals surface area (Å²) in [6.45, 7) is 1.63. The quantitative estimate of drug-likeness (QED) is 0.576. The van der Waals surface area contributed by atoms with Crippen LogP contribution in [0.1, 0.15) is 12.8 Å². The highest BCUT2D eigenvalue weighted by Crippen LogP contribution is 2.32. The Morgan fingerprint density at radius 2 is 2.18 bits per heavy atom. The summed E-state index contributed by atoms with van der Waals surface area (Å²) in [7, 11) is 0. The van der Waals surface area contributed by atoms with E-state index < -0.39 is 5.60 Å². The number of hydrogen-bond acceptors (Lipinski definition) is 5. The normalized spacial score (nSPS) is 24.9.